The van der Waals surface area contributed by atoms with E-state index in [1.165, 1.54) is 27.6 Å². The topological polar surface area (TPSA) is 0 Å². The van der Waals surface area contributed by atoms with Gasteiger partial charge in [0.15, 0.2) is 0 Å². The summed E-state index contributed by atoms with van der Waals surface area (Å²) in [5, 5.41) is 1.23. The van der Waals surface area contributed by atoms with E-state index in [1.54, 1.807) is 0 Å². The van der Waals surface area contributed by atoms with Gasteiger partial charge in [-0.25, -0.2) is 0 Å². The molecule has 0 spiro atoms. The van der Waals surface area contributed by atoms with E-state index in [0.29, 0.717) is 0 Å². The van der Waals surface area contributed by atoms with Gasteiger partial charge in [-0.2, -0.15) is 0 Å². The third-order valence-electron chi connectivity index (χ3n) is 3.24. The first-order chi connectivity index (χ1) is 9.36. The van der Waals surface area contributed by atoms with E-state index in [4.69, 9.17) is 0 Å². The molecule has 3 aromatic carbocycles. The smallest absolute Gasteiger partial charge is 0.105 e. The molecule has 0 fully saturated rings. The number of rotatable bonds is 2. The Bertz CT molecular complexity index is 678. The van der Waals surface area contributed by atoms with Gasteiger partial charge in [0.05, 0.1) is 0 Å². The van der Waals surface area contributed by atoms with E-state index in [-0.39, 0.29) is 29.6 Å². The van der Waals surface area contributed by atoms with Gasteiger partial charge in [0, 0.05) is 0 Å². The van der Waals surface area contributed by atoms with Crippen LogP contribution in [-0.2, 0) is 0 Å². The molecule has 92 valence electrons. The van der Waals surface area contributed by atoms with E-state index in [1.807, 2.05) is 0 Å². The van der Waals surface area contributed by atoms with Gasteiger partial charge in [0.25, 0.3) is 0 Å². The molecule has 1 atom stereocenters. The first-order valence-corrected chi connectivity index (χ1v) is 6.93. The van der Waals surface area contributed by atoms with Crippen molar-refractivity contribution in [2.75, 3.05) is 0 Å². The molecule has 0 aliphatic heterocycles. The summed E-state index contributed by atoms with van der Waals surface area (Å²) >= 11 is 0. The van der Waals surface area contributed by atoms with Gasteiger partial charge in [-0.3, -0.25) is 0 Å². The molecule has 0 aromatic heterocycles. The number of hydrogen-bond acceptors (Lipinski definition) is 0. The molecule has 3 rings (SSSR count). The van der Waals surface area contributed by atoms with E-state index in [0.717, 1.165) is 0 Å². The van der Waals surface area contributed by atoms with Crippen molar-refractivity contribution in [3.63, 3.8) is 0 Å². The summed E-state index contributed by atoms with van der Waals surface area (Å²) in [5.41, 5.74) is 5.08. The summed E-state index contributed by atoms with van der Waals surface area (Å²) in [4.78, 5) is 0. The van der Waals surface area contributed by atoms with Crippen molar-refractivity contribution in [2.24, 2.45) is 0 Å². The fourth-order valence-corrected chi connectivity index (χ4v) is 2.79. The predicted molar refractivity (Wildman–Crippen MR) is 86.7 cm³/mol. The Morgan fingerprint density at radius 1 is 0.550 bits per heavy atom. The fraction of sp³-hybridized carbons (Fsp3) is 0. The minimum atomic E-state index is 0. The molecule has 3 aromatic rings. The van der Waals surface area contributed by atoms with Crippen LogP contribution in [-0.4, -0.2) is 0 Å². The predicted octanol–water partition coefficient (Wildman–Crippen LogP) is 1.53. The average molecular weight is 285 g/mol. The van der Waals surface area contributed by atoms with Crippen LogP contribution in [0.25, 0.3) is 22.3 Å². The van der Waals surface area contributed by atoms with Crippen LogP contribution in [0, 0.1) is 0 Å². The standard InChI is InChI=1S/C18H15P.Na/c19-17-13-7-12-16(14-8-3-1-4-9-14)18(17)15-10-5-2-6-11-15;/h1-13H,19H2;/q;+1. The molecule has 0 amide bonds. The van der Waals surface area contributed by atoms with Crippen LogP contribution in [0.4, 0.5) is 0 Å². The van der Waals surface area contributed by atoms with Crippen LogP contribution in [0.2, 0.25) is 0 Å². The Hall–Kier alpha value is -0.910. The first kappa shape index (κ1) is 15.5. The maximum absolute atomic E-state index is 2.84. The van der Waals surface area contributed by atoms with E-state index >= 15 is 0 Å². The Balaban J connectivity index is 0.00000147. The molecule has 0 saturated carbocycles. The molecule has 2 heteroatoms. The summed E-state index contributed by atoms with van der Waals surface area (Å²) in [5.74, 6) is 0. The molecule has 0 bridgehead atoms. The number of hydrogen-bond donors (Lipinski definition) is 0. The normalized spacial score (nSPS) is 9.85. The maximum Gasteiger partial charge on any atom is 1.00 e. The zero-order chi connectivity index (χ0) is 13.1. The average Bonchev–Trinajstić information content (AvgIpc) is 2.49. The van der Waals surface area contributed by atoms with E-state index in [9.17, 15) is 0 Å². The van der Waals surface area contributed by atoms with Crippen molar-refractivity contribution in [1.82, 2.24) is 0 Å². The van der Waals surface area contributed by atoms with Crippen LogP contribution >= 0.6 is 9.24 Å². The largest absolute Gasteiger partial charge is 1.00 e. The van der Waals surface area contributed by atoms with Crippen molar-refractivity contribution >= 4 is 14.5 Å². The third-order valence-corrected chi connectivity index (χ3v) is 3.73. The van der Waals surface area contributed by atoms with Crippen LogP contribution in [0.1, 0.15) is 0 Å². The Morgan fingerprint density at radius 3 is 1.70 bits per heavy atom. The van der Waals surface area contributed by atoms with Gasteiger partial charge >= 0.3 is 29.6 Å². The summed E-state index contributed by atoms with van der Waals surface area (Å²) < 4.78 is 0. The summed E-state index contributed by atoms with van der Waals surface area (Å²) in [6.45, 7) is 0. The maximum atomic E-state index is 2.84. The molecule has 0 nitrogen and oxygen atoms in total. The van der Waals surface area contributed by atoms with Crippen molar-refractivity contribution in [2.45, 2.75) is 0 Å². The molecule has 0 aliphatic carbocycles. The second kappa shape index (κ2) is 7.20. The zero-order valence-electron chi connectivity index (χ0n) is 11.6. The van der Waals surface area contributed by atoms with Crippen LogP contribution in [0.5, 0.6) is 0 Å². The van der Waals surface area contributed by atoms with Crippen LogP contribution < -0.4 is 34.9 Å². The van der Waals surface area contributed by atoms with Gasteiger partial charge in [-0.05, 0) is 27.6 Å². The van der Waals surface area contributed by atoms with Gasteiger partial charge in [0.1, 0.15) is 0 Å². The quantitative estimate of drug-likeness (QED) is 0.495. The third kappa shape index (κ3) is 3.22. The Morgan fingerprint density at radius 2 is 1.10 bits per heavy atom. The van der Waals surface area contributed by atoms with Gasteiger partial charge < -0.3 is 0 Å². The zero-order valence-corrected chi connectivity index (χ0v) is 14.7. The molecule has 0 aliphatic rings. The van der Waals surface area contributed by atoms with Crippen molar-refractivity contribution in [3.8, 4) is 22.3 Å². The molecule has 0 saturated heterocycles. The minimum Gasteiger partial charge on any atom is -0.105 e. The summed E-state index contributed by atoms with van der Waals surface area (Å²) in [7, 11) is 2.84. The van der Waals surface area contributed by atoms with Gasteiger partial charge in [-0.1, -0.05) is 78.9 Å². The van der Waals surface area contributed by atoms with Crippen molar-refractivity contribution in [3.05, 3.63) is 78.9 Å². The van der Waals surface area contributed by atoms with Crippen molar-refractivity contribution < 1.29 is 29.6 Å². The monoisotopic (exact) mass is 285 g/mol. The second-order valence-corrected chi connectivity index (χ2v) is 5.12. The summed E-state index contributed by atoms with van der Waals surface area (Å²) in [6.07, 6.45) is 0. The number of benzene rings is 3. The Labute approximate surface area is 144 Å². The van der Waals surface area contributed by atoms with Gasteiger partial charge in [0.2, 0.25) is 0 Å². The van der Waals surface area contributed by atoms with Crippen molar-refractivity contribution in [1.29, 1.82) is 0 Å². The second-order valence-electron chi connectivity index (χ2n) is 4.50. The molecular weight excluding hydrogens is 270 g/mol. The molecular formula is C18H15NaP+. The molecule has 0 N–H and O–H groups in total. The first-order valence-electron chi connectivity index (χ1n) is 6.35. The van der Waals surface area contributed by atoms with Gasteiger partial charge in [-0.15, -0.1) is 9.24 Å². The SMILES string of the molecule is Pc1cccc(-c2ccccc2)c1-c1ccccc1.[Na+]. The van der Waals surface area contributed by atoms with E-state index < -0.39 is 0 Å². The van der Waals surface area contributed by atoms with Crippen LogP contribution in [0.3, 0.4) is 0 Å². The minimum absolute atomic E-state index is 0. The van der Waals surface area contributed by atoms with E-state index in [2.05, 4.69) is 88.1 Å². The summed E-state index contributed by atoms with van der Waals surface area (Å²) in [6, 6.07) is 27.5. The molecule has 20 heavy (non-hydrogen) atoms. The fourth-order valence-electron chi connectivity index (χ4n) is 2.36. The Kier molecular flexibility index (Phi) is 5.57. The molecule has 0 heterocycles. The molecule has 1 unspecified atom stereocenters. The van der Waals surface area contributed by atoms with Crippen LogP contribution in [0.15, 0.2) is 78.9 Å². The molecule has 0 radical (unpaired) electrons.